The van der Waals surface area contributed by atoms with Gasteiger partial charge in [-0.1, -0.05) is 44.0 Å². The molecular formula is C31H42FN3O5S. The van der Waals surface area contributed by atoms with Crippen LogP contribution in [-0.4, -0.2) is 79.9 Å². The number of halogens is 1. The number of likely N-dealkylation sites (tertiary alicyclic amines) is 1. The predicted molar refractivity (Wildman–Crippen MR) is 157 cm³/mol. The number of hydrogen-bond donors (Lipinski definition) is 2. The van der Waals surface area contributed by atoms with E-state index in [1.54, 1.807) is 25.1 Å². The first-order chi connectivity index (χ1) is 19.3. The lowest BCUT2D eigenvalue weighted by atomic mass is 9.72. The molecule has 10 heteroatoms. The van der Waals surface area contributed by atoms with Gasteiger partial charge in [0.05, 0.1) is 6.26 Å². The van der Waals surface area contributed by atoms with Crippen molar-refractivity contribution in [3.05, 3.63) is 65.0 Å². The van der Waals surface area contributed by atoms with Crippen molar-refractivity contribution in [3.63, 3.8) is 0 Å². The minimum Gasteiger partial charge on any atom is -0.508 e. The Kier molecular flexibility index (Phi) is 9.87. The predicted octanol–water partition coefficient (Wildman–Crippen LogP) is 3.94. The molecule has 2 aliphatic rings. The van der Waals surface area contributed by atoms with Gasteiger partial charge in [-0.25, -0.2) is 17.1 Å². The molecule has 0 spiro atoms. The van der Waals surface area contributed by atoms with Crippen LogP contribution in [0.1, 0.15) is 60.0 Å². The molecule has 41 heavy (non-hydrogen) atoms. The topological polar surface area (TPSA) is 107 Å². The number of carbonyl (C=O) groups excluding carboxylic acids is 2. The number of nitrogens with zero attached hydrogens (tertiary/aromatic N) is 2. The highest BCUT2D eigenvalue weighted by Crippen LogP contribution is 2.39. The highest BCUT2D eigenvalue weighted by molar-refractivity contribution is 7.88. The summed E-state index contributed by atoms with van der Waals surface area (Å²) < 4.78 is 40.2. The summed E-state index contributed by atoms with van der Waals surface area (Å²) in [6.07, 6.45) is 4.84. The second-order valence-electron chi connectivity index (χ2n) is 11.9. The summed E-state index contributed by atoms with van der Waals surface area (Å²) in [7, 11) is -1.89. The van der Waals surface area contributed by atoms with Crippen LogP contribution in [0.5, 0.6) is 5.75 Å². The molecule has 1 heterocycles. The Morgan fingerprint density at radius 1 is 1.15 bits per heavy atom. The van der Waals surface area contributed by atoms with Crippen molar-refractivity contribution in [2.75, 3.05) is 39.5 Å². The van der Waals surface area contributed by atoms with Crippen molar-refractivity contribution in [2.45, 2.75) is 51.5 Å². The molecule has 2 aromatic rings. The standard InChI is InChI=1S/C31H42FN3O5S/c1-20-8-5-10-23(16-20)31(38)33-28-19-35(15-14-34(3)41(4,39)40)18-26(30(37)22-9-6-11-24(36)17-22)29(28)25-12-7-13-27(32)21(25)2/h6-7,9,11-13,17,20,23,26,28-29,36H,5,8,10,14-16,18-19H2,1-4H3,(H,33,38)/t20-,23-,26+,28?,29-/m1/s1. The number of benzene rings is 2. The number of aromatic hydroxyl groups is 1. The van der Waals surface area contributed by atoms with E-state index in [9.17, 15) is 27.5 Å². The normalized spacial score (nSPS) is 25.7. The van der Waals surface area contributed by atoms with Gasteiger partial charge in [0.1, 0.15) is 11.6 Å². The number of nitrogens with one attached hydrogen (secondary N) is 1. The first-order valence-corrected chi connectivity index (χ1v) is 16.2. The summed E-state index contributed by atoms with van der Waals surface area (Å²) in [4.78, 5) is 29.7. The van der Waals surface area contributed by atoms with E-state index < -0.39 is 27.9 Å². The summed E-state index contributed by atoms with van der Waals surface area (Å²) in [6.45, 7) is 5.10. The molecule has 2 N–H and O–H groups in total. The second-order valence-corrected chi connectivity index (χ2v) is 14.0. The maximum Gasteiger partial charge on any atom is 0.223 e. The highest BCUT2D eigenvalue weighted by atomic mass is 32.2. The number of phenols is 1. The van der Waals surface area contributed by atoms with Gasteiger partial charge in [-0.05, 0) is 55.0 Å². The maximum absolute atomic E-state index is 14.9. The minimum atomic E-state index is -3.40. The van der Waals surface area contributed by atoms with Crippen LogP contribution in [0.15, 0.2) is 42.5 Å². The summed E-state index contributed by atoms with van der Waals surface area (Å²) in [5.74, 6) is -1.56. The monoisotopic (exact) mass is 587 g/mol. The summed E-state index contributed by atoms with van der Waals surface area (Å²) in [5, 5.41) is 13.4. The molecule has 2 aromatic carbocycles. The largest absolute Gasteiger partial charge is 0.508 e. The zero-order valence-corrected chi connectivity index (χ0v) is 25.2. The summed E-state index contributed by atoms with van der Waals surface area (Å²) >= 11 is 0. The quantitative estimate of drug-likeness (QED) is 0.431. The van der Waals surface area contributed by atoms with Crippen molar-refractivity contribution in [2.24, 2.45) is 17.8 Å². The molecule has 1 aliphatic heterocycles. The first kappa shape index (κ1) is 31.1. The van der Waals surface area contributed by atoms with Crippen molar-refractivity contribution >= 4 is 21.7 Å². The van der Waals surface area contributed by atoms with Gasteiger partial charge in [-0.15, -0.1) is 0 Å². The van der Waals surface area contributed by atoms with E-state index >= 15 is 0 Å². The molecule has 224 valence electrons. The Labute approximate surface area is 243 Å². The van der Waals surface area contributed by atoms with Gasteiger partial charge < -0.3 is 10.4 Å². The number of piperidine rings is 1. The number of hydrogen-bond acceptors (Lipinski definition) is 6. The molecule has 1 aliphatic carbocycles. The van der Waals surface area contributed by atoms with Crippen LogP contribution in [-0.2, 0) is 14.8 Å². The van der Waals surface area contributed by atoms with E-state index in [-0.39, 0.29) is 35.7 Å². The van der Waals surface area contributed by atoms with Gasteiger partial charge in [0, 0.05) is 62.6 Å². The van der Waals surface area contributed by atoms with Crippen LogP contribution >= 0.6 is 0 Å². The molecule has 0 bridgehead atoms. The van der Waals surface area contributed by atoms with Crippen LogP contribution in [0.2, 0.25) is 0 Å². The molecule has 4 rings (SSSR count). The molecule has 1 saturated carbocycles. The fourth-order valence-corrected chi connectivity index (χ4v) is 6.83. The zero-order valence-electron chi connectivity index (χ0n) is 24.3. The molecule has 0 radical (unpaired) electrons. The zero-order chi connectivity index (χ0) is 29.9. The Balaban J connectivity index is 1.73. The maximum atomic E-state index is 14.9. The lowest BCUT2D eigenvalue weighted by molar-refractivity contribution is -0.127. The van der Waals surface area contributed by atoms with Crippen molar-refractivity contribution in [3.8, 4) is 5.75 Å². The van der Waals surface area contributed by atoms with Crippen molar-refractivity contribution in [1.29, 1.82) is 0 Å². The molecule has 0 aromatic heterocycles. The first-order valence-electron chi connectivity index (χ1n) is 14.4. The van der Waals surface area contributed by atoms with Gasteiger partial charge >= 0.3 is 0 Å². The number of likely N-dealkylation sites (N-methyl/N-ethyl adjacent to an activating group) is 1. The van der Waals surface area contributed by atoms with E-state index in [0.717, 1.165) is 31.9 Å². The Morgan fingerprint density at radius 3 is 2.56 bits per heavy atom. The van der Waals surface area contributed by atoms with E-state index in [0.29, 0.717) is 42.2 Å². The molecule has 2 fully saturated rings. The van der Waals surface area contributed by atoms with E-state index in [1.807, 2.05) is 11.0 Å². The van der Waals surface area contributed by atoms with Crippen molar-refractivity contribution in [1.82, 2.24) is 14.5 Å². The third-order valence-electron chi connectivity index (χ3n) is 8.85. The Morgan fingerprint density at radius 2 is 1.88 bits per heavy atom. The lowest BCUT2D eigenvalue weighted by Crippen LogP contribution is -2.58. The molecule has 1 saturated heterocycles. The molecular weight excluding hydrogens is 545 g/mol. The number of carbonyl (C=O) groups is 2. The third kappa shape index (κ3) is 7.53. The van der Waals surface area contributed by atoms with E-state index in [4.69, 9.17) is 0 Å². The van der Waals surface area contributed by atoms with Crippen LogP contribution in [0, 0.1) is 30.5 Å². The van der Waals surface area contributed by atoms with Crippen LogP contribution in [0.3, 0.4) is 0 Å². The fourth-order valence-electron chi connectivity index (χ4n) is 6.42. The van der Waals surface area contributed by atoms with Crippen LogP contribution in [0.25, 0.3) is 0 Å². The van der Waals surface area contributed by atoms with Crippen molar-refractivity contribution < 1.29 is 27.5 Å². The van der Waals surface area contributed by atoms with E-state index in [1.165, 1.54) is 29.6 Å². The minimum absolute atomic E-state index is 0.0342. The summed E-state index contributed by atoms with van der Waals surface area (Å²) in [6, 6.07) is 10.5. The Bertz CT molecular complexity index is 1370. The highest BCUT2D eigenvalue weighted by Gasteiger charge is 2.44. The fraction of sp³-hybridized carbons (Fsp3) is 0.548. The Hall–Kier alpha value is -2.82. The SMILES string of the molecule is Cc1c(F)cccc1[C@H]1C(NC(=O)[C@@H]2CCC[C@@H](C)C2)CN(CCN(C)S(C)(=O)=O)C[C@@H]1C(=O)c1cccc(O)c1. The van der Waals surface area contributed by atoms with Gasteiger partial charge in [0.2, 0.25) is 15.9 Å². The van der Waals surface area contributed by atoms with E-state index in [2.05, 4.69) is 12.2 Å². The molecule has 1 unspecified atom stereocenters. The number of Topliss-reactive ketones (excluding diaryl/α,β-unsaturated/α-hetero) is 1. The van der Waals surface area contributed by atoms with Gasteiger partial charge in [-0.2, -0.15) is 0 Å². The van der Waals surface area contributed by atoms with Gasteiger partial charge in [0.25, 0.3) is 0 Å². The molecule has 1 amide bonds. The molecule has 8 nitrogen and oxygen atoms in total. The number of ketones is 1. The average Bonchev–Trinajstić information content (AvgIpc) is 2.92. The lowest BCUT2D eigenvalue weighted by Gasteiger charge is -2.45. The second kappa shape index (κ2) is 13.0. The average molecular weight is 588 g/mol. The smallest absolute Gasteiger partial charge is 0.223 e. The van der Waals surface area contributed by atoms with Crippen LogP contribution < -0.4 is 5.32 Å². The van der Waals surface area contributed by atoms with Crippen LogP contribution in [0.4, 0.5) is 4.39 Å². The third-order valence-corrected chi connectivity index (χ3v) is 10.2. The summed E-state index contributed by atoms with van der Waals surface area (Å²) in [5.41, 5.74) is 1.43. The number of amides is 1. The number of rotatable bonds is 9. The van der Waals surface area contributed by atoms with Gasteiger partial charge in [0.15, 0.2) is 5.78 Å². The molecule has 5 atom stereocenters. The number of sulfonamides is 1. The van der Waals surface area contributed by atoms with Gasteiger partial charge in [-0.3, -0.25) is 14.5 Å². The number of phenolic OH excluding ortho intramolecular Hbond substituents is 1.